The first-order chi connectivity index (χ1) is 12.8. The molecule has 0 saturated carbocycles. The summed E-state index contributed by atoms with van der Waals surface area (Å²) in [5.41, 5.74) is 4.35. The third-order valence-electron chi connectivity index (χ3n) is 4.48. The van der Waals surface area contributed by atoms with Crippen molar-refractivity contribution in [1.29, 1.82) is 0 Å². The zero-order valence-corrected chi connectivity index (χ0v) is 15.2. The van der Waals surface area contributed by atoms with Crippen LogP contribution in [0.3, 0.4) is 0 Å². The number of aliphatic imine (C=N–C) groups is 1. The molecule has 0 saturated heterocycles. The van der Waals surface area contributed by atoms with Gasteiger partial charge >= 0.3 is 0 Å². The molecule has 0 fully saturated rings. The van der Waals surface area contributed by atoms with Gasteiger partial charge in [-0.2, -0.15) is 0 Å². The highest BCUT2D eigenvalue weighted by Gasteiger charge is 2.12. The molecule has 2 aromatic carbocycles. The number of amidine groups is 1. The van der Waals surface area contributed by atoms with E-state index in [1.54, 1.807) is 11.3 Å². The average molecular weight is 365 g/mol. The van der Waals surface area contributed by atoms with Gasteiger partial charge in [-0.3, -0.25) is 4.99 Å². The van der Waals surface area contributed by atoms with Gasteiger partial charge in [0.25, 0.3) is 0 Å². The molecular formula is C21H20FN3S. The minimum atomic E-state index is -0.206. The lowest BCUT2D eigenvalue weighted by atomic mass is 9.98. The zero-order valence-electron chi connectivity index (χ0n) is 14.4. The lowest BCUT2D eigenvalue weighted by Gasteiger charge is -2.11. The van der Waals surface area contributed by atoms with Crippen LogP contribution in [-0.2, 0) is 6.42 Å². The topological polar surface area (TPSA) is 37.3 Å². The molecule has 0 amide bonds. The number of anilines is 1. The maximum absolute atomic E-state index is 13.1. The Labute approximate surface area is 156 Å². The summed E-state index contributed by atoms with van der Waals surface area (Å²) >= 11 is 1.60. The molecule has 5 heteroatoms. The summed E-state index contributed by atoms with van der Waals surface area (Å²) in [6.07, 6.45) is 4.11. The number of hydrogen-bond donors (Lipinski definition) is 1. The standard InChI is InChI=1S/C21H20FN3S/c22-17-10-8-15(9-11-17)13-16-5-1-2-6-18(16)19-14-26-21(24-19)25-20-7-3-4-12-23-20/h1-2,5-6,8-11,14H,3-4,7,12-13H2,(H,23,24,25). The van der Waals surface area contributed by atoms with Gasteiger partial charge in [-0.05, 0) is 42.5 Å². The molecular weight excluding hydrogens is 345 g/mol. The van der Waals surface area contributed by atoms with Crippen molar-refractivity contribution in [2.45, 2.75) is 25.7 Å². The van der Waals surface area contributed by atoms with Crippen LogP contribution >= 0.6 is 11.3 Å². The van der Waals surface area contributed by atoms with Crippen molar-refractivity contribution in [1.82, 2.24) is 4.98 Å². The third kappa shape index (κ3) is 3.99. The smallest absolute Gasteiger partial charge is 0.188 e. The van der Waals surface area contributed by atoms with Crippen molar-refractivity contribution in [3.8, 4) is 11.3 Å². The Kier molecular flexibility index (Phi) is 5.07. The van der Waals surface area contributed by atoms with E-state index in [1.807, 2.05) is 24.3 Å². The Morgan fingerprint density at radius 2 is 1.88 bits per heavy atom. The molecule has 3 aromatic rings. The van der Waals surface area contributed by atoms with Gasteiger partial charge in [0.1, 0.15) is 11.7 Å². The Balaban J connectivity index is 1.56. The number of halogens is 1. The highest BCUT2D eigenvalue weighted by molar-refractivity contribution is 7.14. The minimum Gasteiger partial charge on any atom is -0.320 e. The maximum Gasteiger partial charge on any atom is 0.188 e. The summed E-state index contributed by atoms with van der Waals surface area (Å²) in [6, 6.07) is 14.9. The second-order valence-electron chi connectivity index (χ2n) is 6.41. The normalized spacial score (nSPS) is 14.1. The SMILES string of the molecule is Fc1ccc(Cc2ccccc2-c2csc(NC3=NCCCC3)n2)cc1. The molecule has 2 heterocycles. The summed E-state index contributed by atoms with van der Waals surface area (Å²) in [5.74, 6) is 0.833. The van der Waals surface area contributed by atoms with E-state index in [9.17, 15) is 4.39 Å². The first-order valence-corrected chi connectivity index (χ1v) is 9.74. The minimum absolute atomic E-state index is 0.206. The first-order valence-electron chi connectivity index (χ1n) is 8.86. The predicted molar refractivity (Wildman–Crippen MR) is 107 cm³/mol. The van der Waals surface area contributed by atoms with E-state index in [0.29, 0.717) is 0 Å². The lowest BCUT2D eigenvalue weighted by molar-refractivity contribution is 0.627. The largest absolute Gasteiger partial charge is 0.320 e. The van der Waals surface area contributed by atoms with E-state index < -0.39 is 0 Å². The van der Waals surface area contributed by atoms with Crippen LogP contribution in [0.4, 0.5) is 9.52 Å². The summed E-state index contributed by atoms with van der Waals surface area (Å²) in [6.45, 7) is 0.904. The summed E-state index contributed by atoms with van der Waals surface area (Å²) in [7, 11) is 0. The summed E-state index contributed by atoms with van der Waals surface area (Å²) < 4.78 is 13.1. The number of aromatic nitrogens is 1. The maximum atomic E-state index is 13.1. The van der Waals surface area contributed by atoms with Gasteiger partial charge < -0.3 is 5.32 Å². The fourth-order valence-corrected chi connectivity index (χ4v) is 3.85. The number of hydrogen-bond acceptors (Lipinski definition) is 4. The van der Waals surface area contributed by atoms with Crippen LogP contribution in [0.15, 0.2) is 58.9 Å². The molecule has 0 atom stereocenters. The van der Waals surface area contributed by atoms with Gasteiger partial charge in [-0.1, -0.05) is 36.4 Å². The van der Waals surface area contributed by atoms with Crippen molar-refractivity contribution in [3.63, 3.8) is 0 Å². The van der Waals surface area contributed by atoms with Crippen LogP contribution in [0, 0.1) is 5.82 Å². The predicted octanol–water partition coefficient (Wildman–Crippen LogP) is 5.53. The Bertz CT molecular complexity index is 915. The van der Waals surface area contributed by atoms with E-state index >= 15 is 0 Å². The molecule has 1 aliphatic heterocycles. The van der Waals surface area contributed by atoms with E-state index in [2.05, 4.69) is 27.8 Å². The van der Waals surface area contributed by atoms with Crippen molar-refractivity contribution in [2.75, 3.05) is 11.9 Å². The van der Waals surface area contributed by atoms with Gasteiger partial charge in [0.15, 0.2) is 5.13 Å². The van der Waals surface area contributed by atoms with Crippen molar-refractivity contribution >= 4 is 22.3 Å². The first kappa shape index (κ1) is 16.9. The van der Waals surface area contributed by atoms with Crippen LogP contribution < -0.4 is 5.32 Å². The molecule has 0 bridgehead atoms. The molecule has 26 heavy (non-hydrogen) atoms. The van der Waals surface area contributed by atoms with E-state index in [0.717, 1.165) is 47.2 Å². The van der Waals surface area contributed by atoms with Crippen molar-refractivity contribution in [3.05, 3.63) is 70.9 Å². The molecule has 132 valence electrons. The highest BCUT2D eigenvalue weighted by atomic mass is 32.1. The van der Waals surface area contributed by atoms with Crippen LogP contribution in [-0.4, -0.2) is 17.4 Å². The van der Waals surface area contributed by atoms with Gasteiger partial charge in [-0.25, -0.2) is 9.37 Å². The number of rotatable bonds is 4. The number of nitrogens with zero attached hydrogens (tertiary/aromatic N) is 2. The molecule has 1 N–H and O–H groups in total. The summed E-state index contributed by atoms with van der Waals surface area (Å²) in [5, 5.41) is 6.33. The molecule has 3 nitrogen and oxygen atoms in total. The molecule has 1 aromatic heterocycles. The molecule has 4 rings (SSSR count). The van der Waals surface area contributed by atoms with Gasteiger partial charge in [0.2, 0.25) is 0 Å². The fraction of sp³-hybridized carbons (Fsp3) is 0.238. The van der Waals surface area contributed by atoms with Gasteiger partial charge in [-0.15, -0.1) is 11.3 Å². The molecule has 1 aliphatic rings. The van der Waals surface area contributed by atoms with Crippen LogP contribution in [0.25, 0.3) is 11.3 Å². The number of thiazole rings is 1. The Morgan fingerprint density at radius 1 is 1.04 bits per heavy atom. The molecule has 0 unspecified atom stereocenters. The molecule has 0 spiro atoms. The second-order valence-corrected chi connectivity index (χ2v) is 7.27. The van der Waals surface area contributed by atoms with Crippen molar-refractivity contribution in [2.24, 2.45) is 4.99 Å². The summed E-state index contributed by atoms with van der Waals surface area (Å²) in [4.78, 5) is 9.29. The average Bonchev–Trinajstić information content (AvgIpc) is 3.13. The van der Waals surface area contributed by atoms with E-state index in [-0.39, 0.29) is 5.82 Å². The van der Waals surface area contributed by atoms with Crippen LogP contribution in [0.1, 0.15) is 30.4 Å². The van der Waals surface area contributed by atoms with E-state index in [1.165, 1.54) is 30.5 Å². The van der Waals surface area contributed by atoms with Crippen LogP contribution in [0.2, 0.25) is 0 Å². The van der Waals surface area contributed by atoms with Gasteiger partial charge in [0, 0.05) is 23.9 Å². The quantitative estimate of drug-likeness (QED) is 0.659. The third-order valence-corrected chi connectivity index (χ3v) is 5.24. The Morgan fingerprint density at radius 3 is 2.69 bits per heavy atom. The Hall–Kier alpha value is -2.53. The monoisotopic (exact) mass is 365 g/mol. The number of benzene rings is 2. The molecule has 0 radical (unpaired) electrons. The fourth-order valence-electron chi connectivity index (χ4n) is 3.12. The zero-order chi connectivity index (χ0) is 17.8. The second kappa shape index (κ2) is 7.79. The van der Waals surface area contributed by atoms with Crippen LogP contribution in [0.5, 0.6) is 0 Å². The lowest BCUT2D eigenvalue weighted by Crippen LogP contribution is -2.15. The molecule has 0 aliphatic carbocycles. The van der Waals surface area contributed by atoms with Crippen molar-refractivity contribution < 1.29 is 4.39 Å². The van der Waals surface area contributed by atoms with Gasteiger partial charge in [0.05, 0.1) is 5.69 Å². The highest BCUT2D eigenvalue weighted by Crippen LogP contribution is 2.29. The number of nitrogens with one attached hydrogen (secondary N) is 1. The van der Waals surface area contributed by atoms with E-state index in [4.69, 9.17) is 4.98 Å².